The minimum absolute atomic E-state index is 0.00361. The van der Waals surface area contributed by atoms with E-state index in [9.17, 15) is 4.79 Å². The molecule has 0 aliphatic heterocycles. The molecule has 0 spiro atoms. The summed E-state index contributed by atoms with van der Waals surface area (Å²) in [6.45, 7) is 10.0. The minimum atomic E-state index is -0.536. The Labute approximate surface area is 145 Å². The van der Waals surface area contributed by atoms with Crippen LogP contribution in [0.4, 0.5) is 0 Å². The number of benzene rings is 2. The van der Waals surface area contributed by atoms with E-state index in [0.29, 0.717) is 0 Å². The molecule has 3 heteroatoms. The number of carbonyl (C=O) groups excluding carboxylic acids is 1. The number of hydrogen-bond donors (Lipinski definition) is 1. The van der Waals surface area contributed by atoms with Crippen LogP contribution >= 0.6 is 0 Å². The van der Waals surface area contributed by atoms with Gasteiger partial charge in [-0.1, -0.05) is 42.8 Å². The predicted molar refractivity (Wildman–Crippen MR) is 98.4 cm³/mol. The van der Waals surface area contributed by atoms with Crippen LogP contribution in [0.2, 0.25) is 0 Å². The number of carbonyl (C=O) groups is 1. The number of rotatable bonds is 6. The summed E-state index contributed by atoms with van der Waals surface area (Å²) in [5.74, 6) is 0.629. The molecule has 0 aliphatic carbocycles. The van der Waals surface area contributed by atoms with Gasteiger partial charge in [0.1, 0.15) is 5.75 Å². The Balaban J connectivity index is 2.01. The van der Waals surface area contributed by atoms with Gasteiger partial charge in [0.15, 0.2) is 6.10 Å². The van der Waals surface area contributed by atoms with Crippen molar-refractivity contribution in [1.82, 2.24) is 5.32 Å². The topological polar surface area (TPSA) is 38.3 Å². The smallest absolute Gasteiger partial charge is 0.261 e. The maximum Gasteiger partial charge on any atom is 0.261 e. The summed E-state index contributed by atoms with van der Waals surface area (Å²) < 4.78 is 5.80. The second kappa shape index (κ2) is 8.00. The number of ether oxygens (including phenoxy) is 1. The fourth-order valence-corrected chi connectivity index (χ4v) is 2.55. The van der Waals surface area contributed by atoms with Crippen LogP contribution < -0.4 is 10.1 Å². The van der Waals surface area contributed by atoms with Crippen LogP contribution in [0.25, 0.3) is 0 Å². The SMILES string of the molecule is CC[C@H](NC(=O)[C@@H](C)Oc1ccc(C)c(C)c1)c1ccc(C)cc1. The molecule has 128 valence electrons. The van der Waals surface area contributed by atoms with Gasteiger partial charge in [-0.3, -0.25) is 4.79 Å². The second-order valence-corrected chi connectivity index (χ2v) is 6.39. The van der Waals surface area contributed by atoms with E-state index in [4.69, 9.17) is 4.74 Å². The van der Waals surface area contributed by atoms with Crippen LogP contribution in [0, 0.1) is 20.8 Å². The highest BCUT2D eigenvalue weighted by molar-refractivity contribution is 5.81. The van der Waals surface area contributed by atoms with Gasteiger partial charge < -0.3 is 10.1 Å². The molecule has 2 aromatic carbocycles. The summed E-state index contributed by atoms with van der Waals surface area (Å²) in [7, 11) is 0. The third-order valence-electron chi connectivity index (χ3n) is 4.36. The lowest BCUT2D eigenvalue weighted by atomic mass is 10.0. The minimum Gasteiger partial charge on any atom is -0.481 e. The van der Waals surface area contributed by atoms with Gasteiger partial charge in [-0.2, -0.15) is 0 Å². The van der Waals surface area contributed by atoms with Gasteiger partial charge in [0.25, 0.3) is 5.91 Å². The van der Waals surface area contributed by atoms with Gasteiger partial charge in [-0.05, 0) is 62.9 Å². The second-order valence-electron chi connectivity index (χ2n) is 6.39. The Morgan fingerprint density at radius 1 is 1.04 bits per heavy atom. The highest BCUT2D eigenvalue weighted by Gasteiger charge is 2.19. The molecular formula is C21H27NO2. The highest BCUT2D eigenvalue weighted by Crippen LogP contribution is 2.20. The lowest BCUT2D eigenvalue weighted by Gasteiger charge is -2.21. The molecule has 3 nitrogen and oxygen atoms in total. The lowest BCUT2D eigenvalue weighted by molar-refractivity contribution is -0.128. The van der Waals surface area contributed by atoms with Crippen LogP contribution in [0.1, 0.15) is 48.6 Å². The van der Waals surface area contributed by atoms with Crippen LogP contribution in [-0.4, -0.2) is 12.0 Å². The van der Waals surface area contributed by atoms with Gasteiger partial charge in [0, 0.05) is 0 Å². The Bertz CT molecular complexity index is 691. The predicted octanol–water partition coefficient (Wildman–Crippen LogP) is 4.65. The largest absolute Gasteiger partial charge is 0.481 e. The van der Waals surface area contributed by atoms with Crippen LogP contribution in [-0.2, 0) is 4.79 Å². The zero-order valence-electron chi connectivity index (χ0n) is 15.2. The summed E-state index contributed by atoms with van der Waals surface area (Å²) in [5, 5.41) is 3.08. The summed E-state index contributed by atoms with van der Waals surface area (Å²) in [6, 6.07) is 14.2. The fourth-order valence-electron chi connectivity index (χ4n) is 2.55. The standard InChI is InChI=1S/C21H27NO2/c1-6-20(18-10-7-14(2)8-11-18)22-21(23)17(5)24-19-12-9-15(3)16(4)13-19/h7-13,17,20H,6H2,1-5H3,(H,22,23)/t17-,20+/m1/s1. The molecule has 0 saturated carbocycles. The highest BCUT2D eigenvalue weighted by atomic mass is 16.5. The van der Waals surface area contributed by atoms with Crippen molar-refractivity contribution in [1.29, 1.82) is 0 Å². The van der Waals surface area contributed by atoms with Crippen molar-refractivity contribution in [2.45, 2.75) is 53.2 Å². The maximum atomic E-state index is 12.5. The first-order valence-electron chi connectivity index (χ1n) is 8.51. The fraction of sp³-hybridized carbons (Fsp3) is 0.381. The number of nitrogens with one attached hydrogen (secondary N) is 1. The molecule has 0 fully saturated rings. The molecule has 24 heavy (non-hydrogen) atoms. The molecule has 2 rings (SSSR count). The van der Waals surface area contributed by atoms with Crippen LogP contribution in [0.3, 0.4) is 0 Å². The number of hydrogen-bond acceptors (Lipinski definition) is 2. The molecule has 2 atom stereocenters. The molecule has 0 bridgehead atoms. The van der Waals surface area contributed by atoms with Crippen molar-refractivity contribution in [3.05, 3.63) is 64.7 Å². The van der Waals surface area contributed by atoms with E-state index in [1.165, 1.54) is 11.1 Å². The molecule has 0 heterocycles. The van der Waals surface area contributed by atoms with E-state index >= 15 is 0 Å². The maximum absolute atomic E-state index is 12.5. The molecule has 1 N–H and O–H groups in total. The van der Waals surface area contributed by atoms with Gasteiger partial charge >= 0.3 is 0 Å². The lowest BCUT2D eigenvalue weighted by Crippen LogP contribution is -2.38. The average Bonchev–Trinajstić information content (AvgIpc) is 2.56. The van der Waals surface area contributed by atoms with Crippen molar-refractivity contribution in [2.24, 2.45) is 0 Å². The monoisotopic (exact) mass is 325 g/mol. The van der Waals surface area contributed by atoms with Crippen molar-refractivity contribution in [3.63, 3.8) is 0 Å². The van der Waals surface area contributed by atoms with Crippen LogP contribution in [0.15, 0.2) is 42.5 Å². The van der Waals surface area contributed by atoms with E-state index in [2.05, 4.69) is 50.4 Å². The summed E-state index contributed by atoms with van der Waals surface area (Å²) in [6.07, 6.45) is 0.303. The first-order valence-corrected chi connectivity index (χ1v) is 8.51. The van der Waals surface area contributed by atoms with Crippen molar-refractivity contribution < 1.29 is 9.53 Å². The van der Waals surface area contributed by atoms with Crippen molar-refractivity contribution in [2.75, 3.05) is 0 Å². The van der Waals surface area contributed by atoms with Crippen molar-refractivity contribution >= 4 is 5.91 Å². The average molecular weight is 325 g/mol. The molecule has 0 saturated heterocycles. The summed E-state index contributed by atoms with van der Waals surface area (Å²) in [4.78, 5) is 12.5. The Morgan fingerprint density at radius 3 is 2.29 bits per heavy atom. The van der Waals surface area contributed by atoms with Gasteiger partial charge in [-0.15, -0.1) is 0 Å². The third-order valence-corrected chi connectivity index (χ3v) is 4.36. The zero-order chi connectivity index (χ0) is 17.7. The summed E-state index contributed by atoms with van der Waals surface area (Å²) in [5.41, 5.74) is 4.71. The normalized spacial score (nSPS) is 13.2. The molecule has 0 aliphatic rings. The summed E-state index contributed by atoms with van der Waals surface area (Å²) >= 11 is 0. The van der Waals surface area contributed by atoms with E-state index in [0.717, 1.165) is 23.3 Å². The Kier molecular flexibility index (Phi) is 6.02. The molecule has 2 aromatic rings. The van der Waals surface area contributed by atoms with Gasteiger partial charge in [0.05, 0.1) is 6.04 Å². The quantitative estimate of drug-likeness (QED) is 0.840. The Hall–Kier alpha value is -2.29. The van der Waals surface area contributed by atoms with E-state index in [1.54, 1.807) is 6.92 Å². The number of amides is 1. The molecule has 1 amide bonds. The van der Waals surface area contributed by atoms with E-state index in [-0.39, 0.29) is 11.9 Å². The van der Waals surface area contributed by atoms with Gasteiger partial charge in [-0.25, -0.2) is 0 Å². The van der Waals surface area contributed by atoms with Crippen molar-refractivity contribution in [3.8, 4) is 5.75 Å². The first-order chi connectivity index (χ1) is 11.4. The third kappa shape index (κ3) is 4.60. The van der Waals surface area contributed by atoms with E-state index < -0.39 is 6.10 Å². The van der Waals surface area contributed by atoms with Gasteiger partial charge in [0.2, 0.25) is 0 Å². The molecular weight excluding hydrogens is 298 g/mol. The number of aryl methyl sites for hydroxylation is 3. The Morgan fingerprint density at radius 2 is 1.71 bits per heavy atom. The molecule has 0 unspecified atom stereocenters. The van der Waals surface area contributed by atoms with Crippen LogP contribution in [0.5, 0.6) is 5.75 Å². The molecule has 0 aromatic heterocycles. The first kappa shape index (κ1) is 18.1. The van der Waals surface area contributed by atoms with E-state index in [1.807, 2.05) is 25.1 Å². The molecule has 0 radical (unpaired) electrons. The zero-order valence-corrected chi connectivity index (χ0v) is 15.2.